The summed E-state index contributed by atoms with van der Waals surface area (Å²) < 4.78 is 7.78. The molecule has 0 atom stereocenters. The topological polar surface area (TPSA) is 53.1 Å². The number of benzene rings is 1. The zero-order chi connectivity index (χ0) is 13.0. The summed E-state index contributed by atoms with van der Waals surface area (Å²) in [5.41, 5.74) is 8.61. The molecule has 0 radical (unpaired) electrons. The van der Waals surface area contributed by atoms with Gasteiger partial charge in [-0.15, -0.1) is 0 Å². The van der Waals surface area contributed by atoms with Gasteiger partial charge in [0.1, 0.15) is 5.82 Å². The minimum Gasteiger partial charge on any atom is -0.399 e. The van der Waals surface area contributed by atoms with Crippen molar-refractivity contribution in [2.24, 2.45) is 0 Å². The smallest absolute Gasteiger partial charge is 0.106 e. The summed E-state index contributed by atoms with van der Waals surface area (Å²) in [6.07, 6.45) is 2.30. The van der Waals surface area contributed by atoms with E-state index in [9.17, 15) is 0 Å². The van der Waals surface area contributed by atoms with Crippen LogP contribution in [-0.4, -0.2) is 22.8 Å². The Kier molecular flexibility index (Phi) is 4.20. The van der Waals surface area contributed by atoms with Crippen molar-refractivity contribution in [1.82, 2.24) is 9.55 Å². The maximum absolute atomic E-state index is 5.76. The Bertz CT molecular complexity index is 519. The minimum absolute atomic E-state index is 0.733. The standard InChI is InChI=1S/C14H21N3O/c1-3-4-8-18-9-7-17-11(2)16-13-10-12(15)5-6-14(13)17/h5-6,10H,3-4,7-9,15H2,1-2H3. The fourth-order valence-corrected chi connectivity index (χ4v) is 2.05. The average Bonchev–Trinajstić information content (AvgIpc) is 2.64. The van der Waals surface area contributed by atoms with Gasteiger partial charge in [0.15, 0.2) is 0 Å². The van der Waals surface area contributed by atoms with Crippen molar-refractivity contribution in [2.45, 2.75) is 33.2 Å². The molecular weight excluding hydrogens is 226 g/mol. The Balaban J connectivity index is 2.05. The van der Waals surface area contributed by atoms with Crippen LogP contribution in [0, 0.1) is 6.92 Å². The van der Waals surface area contributed by atoms with E-state index in [1.165, 1.54) is 6.42 Å². The second kappa shape index (κ2) is 5.87. The quantitative estimate of drug-likeness (QED) is 0.631. The first-order chi connectivity index (χ1) is 8.72. The number of ether oxygens (including phenoxy) is 1. The molecule has 98 valence electrons. The van der Waals surface area contributed by atoms with Gasteiger partial charge in [0.25, 0.3) is 0 Å². The van der Waals surface area contributed by atoms with Crippen LogP contribution in [0.4, 0.5) is 5.69 Å². The molecule has 0 aliphatic heterocycles. The second-order valence-corrected chi connectivity index (χ2v) is 4.52. The van der Waals surface area contributed by atoms with Crippen LogP contribution in [0.3, 0.4) is 0 Å². The first-order valence-electron chi connectivity index (χ1n) is 6.52. The van der Waals surface area contributed by atoms with Gasteiger partial charge in [-0.25, -0.2) is 4.98 Å². The van der Waals surface area contributed by atoms with E-state index in [0.29, 0.717) is 0 Å². The number of unbranched alkanes of at least 4 members (excludes halogenated alkanes) is 1. The van der Waals surface area contributed by atoms with Crippen LogP contribution in [-0.2, 0) is 11.3 Å². The molecule has 18 heavy (non-hydrogen) atoms. The van der Waals surface area contributed by atoms with Gasteiger partial charge in [-0.3, -0.25) is 0 Å². The molecule has 0 amide bonds. The number of nitrogens with two attached hydrogens (primary N) is 1. The number of rotatable bonds is 6. The molecule has 2 aromatic rings. The largest absolute Gasteiger partial charge is 0.399 e. The number of nitrogens with zero attached hydrogens (tertiary/aromatic N) is 2. The predicted molar refractivity (Wildman–Crippen MR) is 74.6 cm³/mol. The molecule has 0 fully saturated rings. The second-order valence-electron chi connectivity index (χ2n) is 4.52. The van der Waals surface area contributed by atoms with Gasteiger partial charge in [0, 0.05) is 18.8 Å². The van der Waals surface area contributed by atoms with E-state index in [2.05, 4.69) is 16.5 Å². The number of nitrogen functional groups attached to an aromatic ring is 1. The molecule has 0 saturated heterocycles. The van der Waals surface area contributed by atoms with Crippen molar-refractivity contribution in [3.05, 3.63) is 24.0 Å². The molecule has 4 heteroatoms. The number of imidazole rings is 1. The number of fused-ring (bicyclic) bond motifs is 1. The first kappa shape index (κ1) is 12.9. The van der Waals surface area contributed by atoms with Crippen molar-refractivity contribution in [3.8, 4) is 0 Å². The molecule has 1 aromatic heterocycles. The zero-order valence-electron chi connectivity index (χ0n) is 11.1. The predicted octanol–water partition coefficient (Wildman–Crippen LogP) is 2.74. The number of aryl methyl sites for hydroxylation is 1. The third-order valence-electron chi connectivity index (χ3n) is 3.06. The third-order valence-corrected chi connectivity index (χ3v) is 3.06. The van der Waals surface area contributed by atoms with Crippen LogP contribution >= 0.6 is 0 Å². The molecule has 0 saturated carbocycles. The van der Waals surface area contributed by atoms with Gasteiger partial charge in [0.05, 0.1) is 17.6 Å². The number of hydrogen-bond donors (Lipinski definition) is 1. The normalized spacial score (nSPS) is 11.2. The summed E-state index contributed by atoms with van der Waals surface area (Å²) in [5.74, 6) is 1.01. The van der Waals surface area contributed by atoms with Gasteiger partial charge < -0.3 is 15.0 Å². The molecule has 4 nitrogen and oxygen atoms in total. The summed E-state index contributed by atoms with van der Waals surface area (Å²) in [6.45, 7) is 6.60. The van der Waals surface area contributed by atoms with Crippen LogP contribution in [0.2, 0.25) is 0 Å². The summed E-state index contributed by atoms with van der Waals surface area (Å²) in [4.78, 5) is 4.52. The highest BCUT2D eigenvalue weighted by molar-refractivity contribution is 5.79. The first-order valence-corrected chi connectivity index (χ1v) is 6.52. The molecule has 0 unspecified atom stereocenters. The fourth-order valence-electron chi connectivity index (χ4n) is 2.05. The summed E-state index contributed by atoms with van der Waals surface area (Å²) in [5, 5.41) is 0. The Hall–Kier alpha value is -1.55. The number of aromatic nitrogens is 2. The molecule has 1 heterocycles. The van der Waals surface area contributed by atoms with Crippen LogP contribution in [0.25, 0.3) is 11.0 Å². The molecule has 0 aliphatic rings. The van der Waals surface area contributed by atoms with Crippen molar-refractivity contribution >= 4 is 16.7 Å². The lowest BCUT2D eigenvalue weighted by atomic mass is 10.3. The van der Waals surface area contributed by atoms with Gasteiger partial charge >= 0.3 is 0 Å². The van der Waals surface area contributed by atoms with Gasteiger partial charge in [-0.05, 0) is 31.5 Å². The lowest BCUT2D eigenvalue weighted by Crippen LogP contribution is -2.08. The molecule has 2 rings (SSSR count). The van der Waals surface area contributed by atoms with Crippen LogP contribution in [0.1, 0.15) is 25.6 Å². The van der Waals surface area contributed by atoms with Crippen molar-refractivity contribution < 1.29 is 4.74 Å². The van der Waals surface area contributed by atoms with Crippen LogP contribution in [0.15, 0.2) is 18.2 Å². The van der Waals surface area contributed by atoms with E-state index in [4.69, 9.17) is 10.5 Å². The van der Waals surface area contributed by atoms with E-state index in [-0.39, 0.29) is 0 Å². The van der Waals surface area contributed by atoms with E-state index in [0.717, 1.165) is 48.7 Å². The third kappa shape index (κ3) is 2.82. The molecular formula is C14H21N3O. The summed E-state index contributed by atoms with van der Waals surface area (Å²) in [6, 6.07) is 5.85. The maximum Gasteiger partial charge on any atom is 0.106 e. The van der Waals surface area contributed by atoms with Gasteiger partial charge in [-0.2, -0.15) is 0 Å². The van der Waals surface area contributed by atoms with E-state index < -0.39 is 0 Å². The maximum atomic E-state index is 5.76. The monoisotopic (exact) mass is 247 g/mol. The van der Waals surface area contributed by atoms with Crippen LogP contribution in [0.5, 0.6) is 0 Å². The number of hydrogen-bond acceptors (Lipinski definition) is 3. The van der Waals surface area contributed by atoms with Gasteiger partial charge in [0.2, 0.25) is 0 Å². The molecule has 0 bridgehead atoms. The van der Waals surface area contributed by atoms with E-state index in [1.54, 1.807) is 0 Å². The highest BCUT2D eigenvalue weighted by atomic mass is 16.5. The molecule has 2 N–H and O–H groups in total. The van der Waals surface area contributed by atoms with E-state index in [1.807, 2.05) is 25.1 Å². The Morgan fingerprint density at radius 2 is 2.17 bits per heavy atom. The number of anilines is 1. The Morgan fingerprint density at radius 3 is 2.94 bits per heavy atom. The van der Waals surface area contributed by atoms with Crippen LogP contribution < -0.4 is 5.73 Å². The minimum atomic E-state index is 0.733. The lowest BCUT2D eigenvalue weighted by Gasteiger charge is -2.07. The van der Waals surface area contributed by atoms with Crippen molar-refractivity contribution in [1.29, 1.82) is 0 Å². The fraction of sp³-hybridized carbons (Fsp3) is 0.500. The zero-order valence-corrected chi connectivity index (χ0v) is 11.1. The summed E-state index contributed by atoms with van der Waals surface area (Å²) >= 11 is 0. The Labute approximate surface area is 108 Å². The Morgan fingerprint density at radius 1 is 1.33 bits per heavy atom. The molecule has 0 aliphatic carbocycles. The lowest BCUT2D eigenvalue weighted by molar-refractivity contribution is 0.124. The van der Waals surface area contributed by atoms with Crippen molar-refractivity contribution in [2.75, 3.05) is 18.9 Å². The van der Waals surface area contributed by atoms with Gasteiger partial charge in [-0.1, -0.05) is 13.3 Å². The summed E-state index contributed by atoms with van der Waals surface area (Å²) in [7, 11) is 0. The average molecular weight is 247 g/mol. The highest BCUT2D eigenvalue weighted by Gasteiger charge is 2.06. The van der Waals surface area contributed by atoms with E-state index >= 15 is 0 Å². The molecule has 0 spiro atoms. The van der Waals surface area contributed by atoms with Crippen molar-refractivity contribution in [3.63, 3.8) is 0 Å². The SMILES string of the molecule is CCCCOCCn1c(C)nc2cc(N)ccc21. The molecule has 1 aromatic carbocycles. The highest BCUT2D eigenvalue weighted by Crippen LogP contribution is 2.18.